The van der Waals surface area contributed by atoms with E-state index in [1.807, 2.05) is 31.3 Å². The van der Waals surface area contributed by atoms with Gasteiger partial charge in [0.2, 0.25) is 6.79 Å². The number of hydrazine groups is 1. The summed E-state index contributed by atoms with van der Waals surface area (Å²) in [6.07, 6.45) is 0. The number of ether oxygens (including phenoxy) is 2. The van der Waals surface area contributed by atoms with Crippen LogP contribution in [-0.2, 0) is 21.7 Å². The molecule has 0 radical (unpaired) electrons. The molecule has 0 aliphatic carbocycles. The third kappa shape index (κ3) is 3.67. The molecule has 3 N–H and O–H groups in total. The van der Waals surface area contributed by atoms with Gasteiger partial charge in [-0.05, 0) is 30.7 Å². The van der Waals surface area contributed by atoms with Gasteiger partial charge in [-0.3, -0.25) is 15.0 Å². The zero-order chi connectivity index (χ0) is 21.3. The fraction of sp³-hybridized carbons (Fsp3) is 0.286. The lowest BCUT2D eigenvalue weighted by atomic mass is 9.92. The molecule has 2 aliphatic heterocycles. The Morgan fingerprint density at radius 1 is 1.17 bits per heavy atom. The third-order valence-corrected chi connectivity index (χ3v) is 5.18. The van der Waals surface area contributed by atoms with Crippen molar-refractivity contribution in [2.45, 2.75) is 19.0 Å². The average molecular weight is 411 g/mol. The standard InChI is InChI=1S/C21H22N4O5/c1-21(15-6-4-3-5-7-15)19(27)25(20(28)22-21)23-18(26)12-24(2)11-14-8-9-16-17(10-14)30-13-29-16/h3-10H,11-13H2,1-2H3,(H,22,28)(H,23,26)/p+1/t21-/m1/s1. The van der Waals surface area contributed by atoms with Gasteiger partial charge in [-0.2, -0.15) is 5.01 Å². The summed E-state index contributed by atoms with van der Waals surface area (Å²) in [7, 11) is 1.85. The lowest BCUT2D eigenvalue weighted by Crippen LogP contribution is -3.09. The molecule has 2 aromatic carbocycles. The highest BCUT2D eigenvalue weighted by Crippen LogP contribution is 2.32. The highest BCUT2D eigenvalue weighted by Gasteiger charge is 2.50. The number of quaternary nitrogens is 1. The van der Waals surface area contributed by atoms with Crippen molar-refractivity contribution in [3.05, 3.63) is 59.7 Å². The van der Waals surface area contributed by atoms with Crippen LogP contribution in [0.5, 0.6) is 11.5 Å². The number of imide groups is 1. The van der Waals surface area contributed by atoms with Crippen LogP contribution in [0.15, 0.2) is 48.5 Å². The average Bonchev–Trinajstić information content (AvgIpc) is 3.27. The first kappa shape index (κ1) is 19.7. The number of rotatable bonds is 6. The topological polar surface area (TPSA) is 101 Å². The van der Waals surface area contributed by atoms with Crippen molar-refractivity contribution in [3.63, 3.8) is 0 Å². The van der Waals surface area contributed by atoms with E-state index in [0.717, 1.165) is 15.5 Å². The first-order valence-corrected chi connectivity index (χ1v) is 9.58. The Kier molecular flexibility index (Phi) is 5.04. The largest absolute Gasteiger partial charge is 0.454 e. The number of amides is 4. The maximum Gasteiger partial charge on any atom is 0.344 e. The molecular formula is C21H23N4O5+. The van der Waals surface area contributed by atoms with Crippen LogP contribution in [0.4, 0.5) is 4.79 Å². The van der Waals surface area contributed by atoms with Crippen LogP contribution >= 0.6 is 0 Å². The van der Waals surface area contributed by atoms with Gasteiger partial charge < -0.3 is 19.7 Å². The zero-order valence-corrected chi connectivity index (χ0v) is 16.7. The molecule has 0 spiro atoms. The van der Waals surface area contributed by atoms with E-state index in [4.69, 9.17) is 9.47 Å². The predicted octanol–water partition coefficient (Wildman–Crippen LogP) is -0.0716. The van der Waals surface area contributed by atoms with Crippen molar-refractivity contribution in [1.82, 2.24) is 15.8 Å². The Morgan fingerprint density at radius 2 is 1.90 bits per heavy atom. The van der Waals surface area contributed by atoms with Crippen molar-refractivity contribution in [2.24, 2.45) is 0 Å². The number of hydrogen-bond donors (Lipinski definition) is 3. The van der Waals surface area contributed by atoms with Gasteiger partial charge >= 0.3 is 6.03 Å². The van der Waals surface area contributed by atoms with E-state index in [1.54, 1.807) is 31.2 Å². The second-order valence-corrected chi connectivity index (χ2v) is 7.59. The third-order valence-electron chi connectivity index (χ3n) is 5.18. The lowest BCUT2D eigenvalue weighted by molar-refractivity contribution is -0.885. The van der Waals surface area contributed by atoms with E-state index in [2.05, 4.69) is 10.7 Å². The SMILES string of the molecule is C[NH+](CC(=O)NN1C(=O)N[C@](C)(c2ccccc2)C1=O)Cc1ccc2c(c1)OCO2. The molecule has 1 unspecified atom stereocenters. The van der Waals surface area contributed by atoms with Gasteiger partial charge in [-0.15, -0.1) is 0 Å². The summed E-state index contributed by atoms with van der Waals surface area (Å²) in [6, 6.07) is 13.9. The number of urea groups is 1. The number of nitrogens with zero attached hydrogens (tertiary/aromatic N) is 1. The quantitative estimate of drug-likeness (QED) is 0.578. The number of likely N-dealkylation sites (N-methyl/N-ethyl adjacent to an activating group) is 1. The number of nitrogens with one attached hydrogen (secondary N) is 3. The smallest absolute Gasteiger partial charge is 0.344 e. The van der Waals surface area contributed by atoms with Gasteiger partial charge in [-0.1, -0.05) is 30.3 Å². The van der Waals surface area contributed by atoms with Crippen LogP contribution in [-0.4, -0.2) is 43.2 Å². The maximum atomic E-state index is 12.9. The van der Waals surface area contributed by atoms with E-state index in [9.17, 15) is 14.4 Å². The molecule has 0 saturated carbocycles. The Labute approximate surface area is 173 Å². The Morgan fingerprint density at radius 3 is 2.67 bits per heavy atom. The Hall–Kier alpha value is -3.59. The van der Waals surface area contributed by atoms with Gasteiger partial charge in [-0.25, -0.2) is 4.79 Å². The van der Waals surface area contributed by atoms with Gasteiger partial charge in [0.05, 0.1) is 7.05 Å². The van der Waals surface area contributed by atoms with Crippen molar-refractivity contribution in [2.75, 3.05) is 20.4 Å². The van der Waals surface area contributed by atoms with Crippen LogP contribution in [0.1, 0.15) is 18.1 Å². The summed E-state index contributed by atoms with van der Waals surface area (Å²) in [4.78, 5) is 38.5. The van der Waals surface area contributed by atoms with Crippen LogP contribution in [0.3, 0.4) is 0 Å². The van der Waals surface area contributed by atoms with E-state index < -0.39 is 23.4 Å². The Bertz CT molecular complexity index is 996. The zero-order valence-electron chi connectivity index (χ0n) is 16.7. The first-order valence-electron chi connectivity index (χ1n) is 9.58. The highest BCUT2D eigenvalue weighted by atomic mass is 16.7. The molecule has 2 aromatic rings. The molecule has 9 nitrogen and oxygen atoms in total. The van der Waals surface area contributed by atoms with E-state index >= 15 is 0 Å². The van der Waals surface area contributed by atoms with Crippen molar-refractivity contribution < 1.29 is 28.8 Å². The molecule has 2 heterocycles. The molecule has 4 amide bonds. The second-order valence-electron chi connectivity index (χ2n) is 7.59. The number of hydrogen-bond acceptors (Lipinski definition) is 5. The van der Waals surface area contributed by atoms with Crippen LogP contribution in [0.25, 0.3) is 0 Å². The molecule has 156 valence electrons. The van der Waals surface area contributed by atoms with Crippen LogP contribution < -0.4 is 25.1 Å². The minimum Gasteiger partial charge on any atom is -0.454 e. The van der Waals surface area contributed by atoms with E-state index in [0.29, 0.717) is 23.6 Å². The predicted molar refractivity (Wildman–Crippen MR) is 105 cm³/mol. The van der Waals surface area contributed by atoms with E-state index in [1.165, 1.54) is 0 Å². The lowest BCUT2D eigenvalue weighted by Gasteiger charge is -2.22. The molecule has 4 rings (SSSR count). The van der Waals surface area contributed by atoms with Crippen molar-refractivity contribution >= 4 is 17.8 Å². The second kappa shape index (κ2) is 7.68. The van der Waals surface area contributed by atoms with Crippen LogP contribution in [0, 0.1) is 0 Å². The van der Waals surface area contributed by atoms with Gasteiger partial charge in [0.25, 0.3) is 11.8 Å². The molecular weight excluding hydrogens is 388 g/mol. The van der Waals surface area contributed by atoms with Gasteiger partial charge in [0.1, 0.15) is 12.1 Å². The van der Waals surface area contributed by atoms with Crippen molar-refractivity contribution in [3.8, 4) is 11.5 Å². The minimum atomic E-state index is -1.23. The van der Waals surface area contributed by atoms with Crippen LogP contribution in [0.2, 0.25) is 0 Å². The molecule has 1 fully saturated rings. The molecule has 2 atom stereocenters. The summed E-state index contributed by atoms with van der Waals surface area (Å²) in [5, 5.41) is 3.41. The first-order chi connectivity index (χ1) is 14.4. The number of carbonyl (C=O) groups excluding carboxylic acids is 3. The summed E-state index contributed by atoms with van der Waals surface area (Å²) < 4.78 is 10.7. The van der Waals surface area contributed by atoms with Gasteiger partial charge in [0, 0.05) is 5.56 Å². The summed E-state index contributed by atoms with van der Waals surface area (Å²) >= 11 is 0. The number of fused-ring (bicyclic) bond motifs is 1. The molecule has 9 heteroatoms. The molecule has 1 saturated heterocycles. The fourth-order valence-electron chi connectivity index (χ4n) is 3.61. The van der Waals surface area contributed by atoms with Gasteiger partial charge in [0.15, 0.2) is 18.0 Å². The monoisotopic (exact) mass is 411 g/mol. The summed E-state index contributed by atoms with van der Waals surface area (Å²) in [5.74, 6) is 0.424. The number of carbonyl (C=O) groups is 3. The van der Waals surface area contributed by atoms with Crippen molar-refractivity contribution in [1.29, 1.82) is 0 Å². The molecule has 0 bridgehead atoms. The molecule has 0 aromatic heterocycles. The summed E-state index contributed by atoms with van der Waals surface area (Å²) in [6.45, 7) is 2.46. The number of benzene rings is 2. The Balaban J connectivity index is 1.36. The maximum absolute atomic E-state index is 12.9. The summed E-state index contributed by atoms with van der Waals surface area (Å²) in [5.41, 5.74) is 2.83. The van der Waals surface area contributed by atoms with E-state index in [-0.39, 0.29) is 13.3 Å². The minimum absolute atomic E-state index is 0.0769. The fourth-order valence-corrected chi connectivity index (χ4v) is 3.61. The molecule has 30 heavy (non-hydrogen) atoms. The molecule has 2 aliphatic rings. The normalized spacial score (nSPS) is 20.8. The highest BCUT2D eigenvalue weighted by molar-refractivity contribution is 6.08.